The number of nitrogens with zero attached hydrogens (tertiary/aromatic N) is 1. The van der Waals surface area contributed by atoms with Crippen LogP contribution in [0.4, 0.5) is 10.2 Å². The van der Waals surface area contributed by atoms with Crippen LogP contribution in [0.5, 0.6) is 0 Å². The Morgan fingerprint density at radius 1 is 1.16 bits per heavy atom. The van der Waals surface area contributed by atoms with Gasteiger partial charge in [-0.1, -0.05) is 35.9 Å². The fraction of sp³-hybridized carbons (Fsp3) is 0.160. The third-order valence-electron chi connectivity index (χ3n) is 5.38. The van der Waals surface area contributed by atoms with Gasteiger partial charge < -0.3 is 14.8 Å². The Morgan fingerprint density at radius 2 is 2.06 bits per heavy atom. The molecule has 1 atom stereocenters. The fourth-order valence-corrected chi connectivity index (χ4v) is 4.81. The molecule has 5 rings (SSSR count). The van der Waals surface area contributed by atoms with Gasteiger partial charge in [-0.05, 0) is 48.4 Å². The van der Waals surface area contributed by atoms with E-state index in [9.17, 15) is 4.39 Å². The number of hydrogen-bond donors (Lipinski definition) is 1. The number of nitrogens with one attached hydrogen (secondary N) is 1. The number of aromatic nitrogens is 1. The van der Waals surface area contributed by atoms with Crippen molar-refractivity contribution in [2.24, 2.45) is 0 Å². The van der Waals surface area contributed by atoms with Gasteiger partial charge >= 0.3 is 0 Å². The molecule has 6 heteroatoms. The van der Waals surface area contributed by atoms with Gasteiger partial charge in [0.05, 0.1) is 6.04 Å². The van der Waals surface area contributed by atoms with E-state index in [2.05, 4.69) is 33.9 Å². The quantitative estimate of drug-likeness (QED) is 0.460. The van der Waals surface area contributed by atoms with Crippen LogP contribution in [-0.4, -0.2) is 11.0 Å². The maximum absolute atomic E-state index is 13.5. The lowest BCUT2D eigenvalue weighted by atomic mass is 9.97. The lowest BCUT2D eigenvalue weighted by Gasteiger charge is -2.24. The van der Waals surface area contributed by atoms with Crippen molar-refractivity contribution in [3.8, 4) is 11.1 Å². The summed E-state index contributed by atoms with van der Waals surface area (Å²) in [5.41, 5.74) is 3.33. The summed E-state index contributed by atoms with van der Waals surface area (Å²) < 4.78 is 25.7. The second kappa shape index (κ2) is 8.78. The maximum atomic E-state index is 13.5. The molecule has 0 saturated carbocycles. The molecule has 2 aromatic heterocycles. The van der Waals surface area contributed by atoms with Crippen molar-refractivity contribution in [2.45, 2.75) is 25.3 Å². The van der Waals surface area contributed by atoms with Gasteiger partial charge in [0.25, 0.3) is 0 Å². The summed E-state index contributed by atoms with van der Waals surface area (Å²) in [5, 5.41) is 6.71. The van der Waals surface area contributed by atoms with Gasteiger partial charge in [-0.2, -0.15) is 0 Å². The number of ether oxygens (including phenoxy) is 2. The Balaban J connectivity index is 1.52. The number of hydrogen-bond acceptors (Lipinski definition) is 5. The largest absolute Gasteiger partial charge is 0.466 e. The van der Waals surface area contributed by atoms with E-state index in [1.54, 1.807) is 36.0 Å². The van der Waals surface area contributed by atoms with Crippen molar-refractivity contribution in [2.75, 3.05) is 5.32 Å². The minimum Gasteiger partial charge on any atom is -0.466 e. The zero-order valence-electron chi connectivity index (χ0n) is 16.8. The van der Waals surface area contributed by atoms with E-state index >= 15 is 0 Å². The smallest absolute Gasteiger partial charge is 0.161 e. The van der Waals surface area contributed by atoms with Crippen LogP contribution in [0.3, 0.4) is 0 Å². The van der Waals surface area contributed by atoms with Crippen LogP contribution < -0.4 is 5.32 Å². The molecule has 1 N–H and O–H groups in total. The van der Waals surface area contributed by atoms with Crippen LogP contribution in [0, 0.1) is 5.82 Å². The predicted molar refractivity (Wildman–Crippen MR) is 123 cm³/mol. The van der Waals surface area contributed by atoms with E-state index in [-0.39, 0.29) is 11.9 Å². The Morgan fingerprint density at radius 3 is 2.84 bits per heavy atom. The second-order valence-electron chi connectivity index (χ2n) is 7.43. The van der Waals surface area contributed by atoms with Crippen molar-refractivity contribution in [3.05, 3.63) is 96.1 Å². The fourth-order valence-electron chi connectivity index (χ4n) is 3.84. The van der Waals surface area contributed by atoms with E-state index in [0.717, 1.165) is 46.3 Å². The molecule has 3 aromatic rings. The molecule has 0 radical (unpaired) electrons. The van der Waals surface area contributed by atoms with Gasteiger partial charge in [0, 0.05) is 21.8 Å². The van der Waals surface area contributed by atoms with Crippen molar-refractivity contribution in [1.82, 2.24) is 4.98 Å². The highest BCUT2D eigenvalue weighted by molar-refractivity contribution is 7.17. The summed E-state index contributed by atoms with van der Waals surface area (Å²) in [6.07, 6.45) is 15.8. The van der Waals surface area contributed by atoms with Crippen LogP contribution in [0.25, 0.3) is 21.2 Å². The normalized spacial score (nSPS) is 16.3. The number of benzene rings is 1. The number of allylic oxidation sites excluding steroid dienone is 3. The van der Waals surface area contributed by atoms with Crippen molar-refractivity contribution in [3.63, 3.8) is 0 Å². The molecular weight excluding hydrogens is 411 g/mol. The van der Waals surface area contributed by atoms with Crippen LogP contribution in [-0.2, 0) is 9.47 Å². The van der Waals surface area contributed by atoms with E-state index in [0.29, 0.717) is 5.76 Å². The summed E-state index contributed by atoms with van der Waals surface area (Å²) in [7, 11) is 0. The van der Waals surface area contributed by atoms with Crippen molar-refractivity contribution < 1.29 is 13.9 Å². The van der Waals surface area contributed by atoms with E-state index in [1.165, 1.54) is 24.0 Å². The Kier molecular flexibility index (Phi) is 5.54. The number of halogens is 1. The van der Waals surface area contributed by atoms with Gasteiger partial charge in [-0.15, -0.1) is 11.3 Å². The molecule has 2 aliphatic rings. The maximum Gasteiger partial charge on any atom is 0.161 e. The first-order valence-electron chi connectivity index (χ1n) is 10.2. The number of anilines is 1. The first kappa shape index (κ1) is 19.6. The molecule has 0 saturated heterocycles. The first-order valence-corrected chi connectivity index (χ1v) is 11.1. The number of pyridine rings is 1. The number of fused-ring (bicyclic) bond motifs is 1. The van der Waals surface area contributed by atoms with Gasteiger partial charge in [-0.3, -0.25) is 0 Å². The topological polar surface area (TPSA) is 43.4 Å². The summed E-state index contributed by atoms with van der Waals surface area (Å²) >= 11 is 1.65. The Hall–Kier alpha value is -3.38. The lowest BCUT2D eigenvalue weighted by molar-refractivity contribution is 0.240. The highest BCUT2D eigenvalue weighted by Crippen LogP contribution is 2.38. The number of rotatable bonds is 6. The second-order valence-corrected chi connectivity index (χ2v) is 8.34. The van der Waals surface area contributed by atoms with Crippen LogP contribution in [0.1, 0.15) is 19.3 Å². The van der Waals surface area contributed by atoms with Crippen LogP contribution in [0.15, 0.2) is 90.3 Å². The zero-order valence-corrected chi connectivity index (χ0v) is 17.6. The van der Waals surface area contributed by atoms with Crippen molar-refractivity contribution in [1.29, 1.82) is 0 Å². The van der Waals surface area contributed by atoms with E-state index in [4.69, 9.17) is 9.47 Å². The summed E-state index contributed by atoms with van der Waals surface area (Å²) in [6, 6.07) is 8.44. The molecule has 1 aromatic carbocycles. The van der Waals surface area contributed by atoms with Crippen LogP contribution >= 0.6 is 11.3 Å². The third kappa shape index (κ3) is 4.25. The van der Waals surface area contributed by atoms with Crippen molar-refractivity contribution >= 4 is 27.2 Å². The Bertz CT molecular complexity index is 1210. The van der Waals surface area contributed by atoms with Gasteiger partial charge in [0.15, 0.2) is 5.76 Å². The van der Waals surface area contributed by atoms with Gasteiger partial charge in [0.2, 0.25) is 0 Å². The van der Waals surface area contributed by atoms with E-state index in [1.807, 2.05) is 12.3 Å². The molecule has 156 valence electrons. The minimum atomic E-state index is -0.246. The molecule has 1 unspecified atom stereocenters. The molecule has 0 fully saturated rings. The molecule has 0 spiro atoms. The predicted octanol–water partition coefficient (Wildman–Crippen LogP) is 6.91. The summed E-state index contributed by atoms with van der Waals surface area (Å²) in [5.74, 6) is 1.23. The van der Waals surface area contributed by atoms with Crippen LogP contribution in [0.2, 0.25) is 0 Å². The molecule has 1 aliphatic carbocycles. The molecule has 0 amide bonds. The van der Waals surface area contributed by atoms with Gasteiger partial charge in [-0.25, -0.2) is 9.37 Å². The Labute approximate surface area is 184 Å². The lowest BCUT2D eigenvalue weighted by Crippen LogP contribution is -2.25. The summed E-state index contributed by atoms with van der Waals surface area (Å²) in [4.78, 5) is 4.66. The minimum absolute atomic E-state index is 0.137. The van der Waals surface area contributed by atoms with E-state index < -0.39 is 0 Å². The standard InChI is InChI=1S/C25H21FN2O2S/c26-19-8-6-18(7-9-19)20-16-31-23-10-11-27-25(24(20)23)28-21(22-15-29-12-13-30-22)14-17-4-2-1-3-5-17/h1-2,4,6-13,15-16,21H,3,5,14H2,(H,27,28). The third-order valence-corrected chi connectivity index (χ3v) is 6.33. The average molecular weight is 433 g/mol. The first-order chi connectivity index (χ1) is 15.3. The SMILES string of the molecule is Fc1ccc(-c2csc3ccnc(NC(CC4=CC=CCC4)C4=COC=CO4)c23)cc1. The highest BCUT2D eigenvalue weighted by Gasteiger charge is 2.22. The summed E-state index contributed by atoms with van der Waals surface area (Å²) in [6.45, 7) is 0. The average Bonchev–Trinajstić information content (AvgIpc) is 3.26. The van der Waals surface area contributed by atoms with Gasteiger partial charge in [0.1, 0.15) is 30.4 Å². The highest BCUT2D eigenvalue weighted by atomic mass is 32.1. The zero-order chi connectivity index (χ0) is 21.0. The molecule has 4 nitrogen and oxygen atoms in total. The monoisotopic (exact) mass is 432 g/mol. The molecule has 0 bridgehead atoms. The molecule has 3 heterocycles. The molecule has 1 aliphatic heterocycles. The molecular formula is C25H21FN2O2S. The molecule has 31 heavy (non-hydrogen) atoms. The number of thiophene rings is 1.